The number of carbonyl (C=O) groups is 2. The molecular formula is C22H28N2O4. The third-order valence-corrected chi connectivity index (χ3v) is 4.22. The van der Waals surface area contributed by atoms with Gasteiger partial charge in [-0.1, -0.05) is 6.07 Å². The fraction of sp³-hybridized carbons (Fsp3) is 0.364. The maximum Gasteiger partial charge on any atom is 0.259 e. The summed E-state index contributed by atoms with van der Waals surface area (Å²) in [6, 6.07) is 12.1. The number of hydrogen-bond donors (Lipinski definition) is 1. The number of nitrogens with zero attached hydrogens (tertiary/aromatic N) is 1. The molecule has 0 aliphatic heterocycles. The number of hydrogen-bond acceptors (Lipinski definition) is 4. The number of amides is 2. The molecule has 0 heterocycles. The van der Waals surface area contributed by atoms with E-state index in [1.807, 2.05) is 27.7 Å². The molecule has 0 unspecified atom stereocenters. The van der Waals surface area contributed by atoms with Gasteiger partial charge in [-0.25, -0.2) is 0 Å². The quantitative estimate of drug-likeness (QED) is 0.703. The average molecular weight is 384 g/mol. The van der Waals surface area contributed by atoms with E-state index in [1.54, 1.807) is 47.4 Å². The Hall–Kier alpha value is -3.02. The summed E-state index contributed by atoms with van der Waals surface area (Å²) in [4.78, 5) is 27.1. The molecule has 6 nitrogen and oxygen atoms in total. The first-order valence-electron chi connectivity index (χ1n) is 9.64. The van der Waals surface area contributed by atoms with Gasteiger partial charge < -0.3 is 19.7 Å². The molecule has 2 rings (SSSR count). The third kappa shape index (κ3) is 5.25. The van der Waals surface area contributed by atoms with E-state index in [9.17, 15) is 9.59 Å². The van der Waals surface area contributed by atoms with Crippen LogP contribution in [0.4, 0.5) is 5.69 Å². The Labute approximate surface area is 166 Å². The van der Waals surface area contributed by atoms with Gasteiger partial charge in [-0.05, 0) is 64.1 Å². The van der Waals surface area contributed by atoms with Crippen LogP contribution in [0.2, 0.25) is 0 Å². The van der Waals surface area contributed by atoms with Crippen LogP contribution in [-0.2, 0) is 0 Å². The molecule has 1 N–H and O–H groups in total. The summed E-state index contributed by atoms with van der Waals surface area (Å²) >= 11 is 0. The molecule has 0 saturated carbocycles. The summed E-state index contributed by atoms with van der Waals surface area (Å²) in [5.41, 5.74) is 1.47. The first-order chi connectivity index (χ1) is 13.5. The van der Waals surface area contributed by atoms with Crippen molar-refractivity contribution in [3.8, 4) is 11.5 Å². The number of carbonyl (C=O) groups excluding carboxylic acids is 2. The van der Waals surface area contributed by atoms with E-state index in [1.165, 1.54) is 0 Å². The van der Waals surface area contributed by atoms with Crippen LogP contribution in [0, 0.1) is 0 Å². The van der Waals surface area contributed by atoms with Gasteiger partial charge in [0.2, 0.25) is 0 Å². The van der Waals surface area contributed by atoms with Crippen LogP contribution in [0.5, 0.6) is 11.5 Å². The van der Waals surface area contributed by atoms with Crippen LogP contribution >= 0.6 is 0 Å². The van der Waals surface area contributed by atoms with E-state index in [-0.39, 0.29) is 11.8 Å². The topological polar surface area (TPSA) is 67.9 Å². The lowest BCUT2D eigenvalue weighted by Gasteiger charge is -2.19. The largest absolute Gasteiger partial charge is 0.494 e. The lowest BCUT2D eigenvalue weighted by Crippen LogP contribution is -2.30. The van der Waals surface area contributed by atoms with E-state index < -0.39 is 0 Å². The van der Waals surface area contributed by atoms with Crippen molar-refractivity contribution in [1.82, 2.24) is 4.90 Å². The fourth-order valence-electron chi connectivity index (χ4n) is 2.85. The predicted octanol–water partition coefficient (Wildman–Crippen LogP) is 4.22. The molecule has 2 aromatic carbocycles. The Morgan fingerprint density at radius 1 is 0.929 bits per heavy atom. The summed E-state index contributed by atoms with van der Waals surface area (Å²) in [7, 11) is 0. The zero-order valence-electron chi connectivity index (χ0n) is 17.0. The summed E-state index contributed by atoms with van der Waals surface area (Å²) in [5, 5.41) is 2.85. The number of ether oxygens (including phenoxy) is 2. The minimum atomic E-state index is -0.322. The second kappa shape index (κ2) is 10.3. The van der Waals surface area contributed by atoms with E-state index in [2.05, 4.69) is 5.32 Å². The molecule has 150 valence electrons. The highest BCUT2D eigenvalue weighted by atomic mass is 16.5. The van der Waals surface area contributed by atoms with Crippen molar-refractivity contribution >= 4 is 17.5 Å². The molecule has 6 heteroatoms. The Morgan fingerprint density at radius 2 is 1.64 bits per heavy atom. The van der Waals surface area contributed by atoms with Crippen LogP contribution in [0.1, 0.15) is 48.4 Å². The van der Waals surface area contributed by atoms with Gasteiger partial charge in [0.25, 0.3) is 11.8 Å². The van der Waals surface area contributed by atoms with Gasteiger partial charge >= 0.3 is 0 Å². The molecule has 0 fully saturated rings. The Balaban J connectivity index is 2.26. The minimum absolute atomic E-state index is 0.0607. The molecule has 0 bridgehead atoms. The van der Waals surface area contributed by atoms with E-state index in [4.69, 9.17) is 9.47 Å². The summed E-state index contributed by atoms with van der Waals surface area (Å²) in [6.45, 7) is 9.84. The Morgan fingerprint density at radius 3 is 2.29 bits per heavy atom. The van der Waals surface area contributed by atoms with Crippen LogP contribution in [0.15, 0.2) is 42.5 Å². The minimum Gasteiger partial charge on any atom is -0.494 e. The van der Waals surface area contributed by atoms with Crippen LogP contribution in [0.3, 0.4) is 0 Å². The van der Waals surface area contributed by atoms with Gasteiger partial charge in [0.15, 0.2) is 0 Å². The zero-order valence-corrected chi connectivity index (χ0v) is 17.0. The van der Waals surface area contributed by atoms with E-state index in [0.29, 0.717) is 54.6 Å². The summed E-state index contributed by atoms with van der Waals surface area (Å²) in [5.74, 6) is 0.701. The van der Waals surface area contributed by atoms with Crippen LogP contribution in [-0.4, -0.2) is 43.0 Å². The lowest BCUT2D eigenvalue weighted by molar-refractivity contribution is 0.0772. The van der Waals surface area contributed by atoms with Gasteiger partial charge in [0, 0.05) is 24.3 Å². The van der Waals surface area contributed by atoms with Crippen LogP contribution < -0.4 is 14.8 Å². The molecule has 2 amide bonds. The molecule has 0 aliphatic rings. The molecule has 0 aliphatic carbocycles. The van der Waals surface area contributed by atoms with Gasteiger partial charge in [-0.15, -0.1) is 0 Å². The second-order valence-electron chi connectivity index (χ2n) is 6.04. The molecule has 0 saturated heterocycles. The van der Waals surface area contributed by atoms with Crippen molar-refractivity contribution in [2.75, 3.05) is 31.6 Å². The second-order valence-corrected chi connectivity index (χ2v) is 6.04. The van der Waals surface area contributed by atoms with E-state index >= 15 is 0 Å². The first kappa shape index (κ1) is 21.3. The van der Waals surface area contributed by atoms with Crippen molar-refractivity contribution in [3.05, 3.63) is 53.6 Å². The van der Waals surface area contributed by atoms with Gasteiger partial charge in [0.1, 0.15) is 11.5 Å². The average Bonchev–Trinajstić information content (AvgIpc) is 2.70. The van der Waals surface area contributed by atoms with Gasteiger partial charge in [0.05, 0.1) is 18.8 Å². The monoisotopic (exact) mass is 384 g/mol. The van der Waals surface area contributed by atoms with Crippen molar-refractivity contribution in [2.24, 2.45) is 0 Å². The Kier molecular flexibility index (Phi) is 7.87. The number of anilines is 1. The van der Waals surface area contributed by atoms with Crippen LogP contribution in [0.25, 0.3) is 0 Å². The van der Waals surface area contributed by atoms with Gasteiger partial charge in [-0.3, -0.25) is 9.59 Å². The molecule has 0 spiro atoms. The SMILES string of the molecule is CCOc1ccc(OCC)c(C(=O)Nc2cccc(C(=O)N(CC)CC)c2)c1. The number of rotatable bonds is 9. The summed E-state index contributed by atoms with van der Waals surface area (Å²) < 4.78 is 11.1. The molecule has 2 aromatic rings. The van der Waals surface area contributed by atoms with Crippen molar-refractivity contribution in [3.63, 3.8) is 0 Å². The molecule has 0 radical (unpaired) electrons. The molecule has 0 aromatic heterocycles. The zero-order chi connectivity index (χ0) is 20.5. The number of nitrogens with one attached hydrogen (secondary N) is 1. The Bertz CT molecular complexity index is 816. The standard InChI is InChI=1S/C22H28N2O4/c1-5-24(6-2)22(26)16-10-9-11-17(14-16)23-21(25)19-15-18(27-7-3)12-13-20(19)28-8-4/h9-15H,5-8H2,1-4H3,(H,23,25). The van der Waals surface area contributed by atoms with Crippen molar-refractivity contribution in [1.29, 1.82) is 0 Å². The van der Waals surface area contributed by atoms with E-state index in [0.717, 1.165) is 0 Å². The smallest absolute Gasteiger partial charge is 0.259 e. The summed E-state index contributed by atoms with van der Waals surface area (Å²) in [6.07, 6.45) is 0. The predicted molar refractivity (Wildman–Crippen MR) is 110 cm³/mol. The normalized spacial score (nSPS) is 10.3. The highest BCUT2D eigenvalue weighted by Gasteiger charge is 2.16. The van der Waals surface area contributed by atoms with Gasteiger partial charge in [-0.2, -0.15) is 0 Å². The number of benzene rings is 2. The first-order valence-corrected chi connectivity index (χ1v) is 9.64. The van der Waals surface area contributed by atoms with Crippen molar-refractivity contribution < 1.29 is 19.1 Å². The maximum absolute atomic E-state index is 12.9. The molecule has 0 atom stereocenters. The van der Waals surface area contributed by atoms with Crippen molar-refractivity contribution in [2.45, 2.75) is 27.7 Å². The highest BCUT2D eigenvalue weighted by molar-refractivity contribution is 6.07. The third-order valence-electron chi connectivity index (χ3n) is 4.22. The molecule has 28 heavy (non-hydrogen) atoms. The lowest BCUT2D eigenvalue weighted by atomic mass is 10.1. The fourth-order valence-corrected chi connectivity index (χ4v) is 2.85. The molecular weight excluding hydrogens is 356 g/mol. The maximum atomic E-state index is 12.9. The highest BCUT2D eigenvalue weighted by Crippen LogP contribution is 2.26.